The summed E-state index contributed by atoms with van der Waals surface area (Å²) in [6, 6.07) is 10.6. The molecule has 72 valence electrons. The minimum atomic E-state index is -1.60. The van der Waals surface area contributed by atoms with Crippen molar-refractivity contribution >= 4 is 28.2 Å². The molecule has 0 radical (unpaired) electrons. The van der Waals surface area contributed by atoms with Crippen LogP contribution in [0.5, 0.6) is 0 Å². The molecule has 1 aromatic carbocycles. The van der Waals surface area contributed by atoms with Gasteiger partial charge in [0, 0.05) is 6.61 Å². The third-order valence-electron chi connectivity index (χ3n) is 1.26. The Kier molecular flexibility index (Phi) is 8.13. The fraction of sp³-hybridized carbons (Fsp3) is 0.250. The Morgan fingerprint density at radius 3 is 2.00 bits per heavy atom. The van der Waals surface area contributed by atoms with Gasteiger partial charge in [0.2, 0.25) is 0 Å². The van der Waals surface area contributed by atoms with Gasteiger partial charge in [-0.25, -0.2) is 0 Å². The van der Waals surface area contributed by atoms with Gasteiger partial charge in [-0.1, -0.05) is 0 Å². The molecule has 0 aromatic heterocycles. The van der Waals surface area contributed by atoms with Crippen molar-refractivity contribution in [2.45, 2.75) is 6.92 Å². The van der Waals surface area contributed by atoms with E-state index in [9.17, 15) is 0 Å². The van der Waals surface area contributed by atoms with Gasteiger partial charge in [0.1, 0.15) is 0 Å². The molecule has 0 aliphatic carbocycles. The van der Waals surface area contributed by atoms with E-state index in [0.717, 1.165) is 16.5 Å². The molecule has 3 nitrogen and oxygen atoms in total. The summed E-state index contributed by atoms with van der Waals surface area (Å²) < 4.78 is 5.66. The van der Waals surface area contributed by atoms with Crippen molar-refractivity contribution in [2.24, 2.45) is 0 Å². The van der Waals surface area contributed by atoms with Crippen LogP contribution in [0.15, 0.2) is 30.3 Å². The molecule has 1 rings (SSSR count). The van der Waals surface area contributed by atoms with E-state index in [-0.39, 0.29) is 0 Å². The molecule has 0 saturated heterocycles. The van der Waals surface area contributed by atoms with Gasteiger partial charge in [-0.15, -0.1) is 0 Å². The topological polar surface area (TPSA) is 49.7 Å². The van der Waals surface area contributed by atoms with E-state index >= 15 is 0 Å². The maximum atomic E-state index is 7.89. The van der Waals surface area contributed by atoms with Gasteiger partial charge in [0.25, 0.3) is 0 Å². The molecule has 0 spiro atoms. The third-order valence-corrected chi connectivity index (χ3v) is 2.65. The Balaban J connectivity index is 0.000000226. The zero-order chi connectivity index (χ0) is 10.1. The van der Waals surface area contributed by atoms with Crippen LogP contribution in [0.4, 0.5) is 0 Å². The van der Waals surface area contributed by atoms with Crippen molar-refractivity contribution in [3.8, 4) is 0 Å². The van der Waals surface area contributed by atoms with Crippen molar-refractivity contribution in [1.82, 2.24) is 0 Å². The van der Waals surface area contributed by atoms with E-state index in [1.165, 1.54) is 4.40 Å². The standard InChI is InChI=1S/C6H8Ge.C2H7BO3/c7-6-4-2-1-3-5-6;1-2-6-3(4)5/h1-5H,7H3;4-5H,2H2,1H3. The van der Waals surface area contributed by atoms with Gasteiger partial charge in [-0.2, -0.15) is 0 Å². The normalized spacial score (nSPS) is 8.85. The molecular formula is C8H15BGeO3. The minimum absolute atomic E-state index is 0.331. The second kappa shape index (κ2) is 8.31. The molecule has 0 amide bonds. The van der Waals surface area contributed by atoms with E-state index in [1.54, 1.807) is 6.92 Å². The van der Waals surface area contributed by atoms with Crippen molar-refractivity contribution < 1.29 is 14.7 Å². The van der Waals surface area contributed by atoms with E-state index in [4.69, 9.17) is 10.0 Å². The molecule has 0 atom stereocenters. The number of hydrogen-bond acceptors (Lipinski definition) is 3. The van der Waals surface area contributed by atoms with Crippen LogP contribution in [0.2, 0.25) is 0 Å². The molecule has 0 fully saturated rings. The number of benzene rings is 1. The molecule has 0 heterocycles. The fourth-order valence-electron chi connectivity index (χ4n) is 0.683. The molecule has 0 saturated carbocycles. The monoisotopic (exact) mass is 244 g/mol. The van der Waals surface area contributed by atoms with Crippen LogP contribution in [0, 0.1) is 0 Å². The van der Waals surface area contributed by atoms with Crippen molar-refractivity contribution in [2.75, 3.05) is 6.61 Å². The Morgan fingerprint density at radius 2 is 1.85 bits per heavy atom. The van der Waals surface area contributed by atoms with Crippen LogP contribution in [0.1, 0.15) is 6.92 Å². The molecule has 0 aliphatic heterocycles. The summed E-state index contributed by atoms with van der Waals surface area (Å²) in [6.45, 7) is 2.01. The average molecular weight is 243 g/mol. The Labute approximate surface area is 87.1 Å². The van der Waals surface area contributed by atoms with Gasteiger partial charge in [-0.3, -0.25) is 0 Å². The first-order valence-corrected chi connectivity index (χ1v) is 6.26. The van der Waals surface area contributed by atoms with Gasteiger partial charge < -0.3 is 14.7 Å². The first kappa shape index (κ1) is 12.7. The Bertz CT molecular complexity index is 206. The van der Waals surface area contributed by atoms with Crippen LogP contribution >= 0.6 is 0 Å². The number of hydrogen-bond donors (Lipinski definition) is 2. The Hall–Kier alpha value is -0.292. The van der Waals surface area contributed by atoms with Crippen LogP contribution < -0.4 is 4.40 Å². The van der Waals surface area contributed by atoms with Gasteiger partial charge in [0.05, 0.1) is 0 Å². The zero-order valence-corrected chi connectivity index (χ0v) is 12.2. The molecule has 0 bridgehead atoms. The summed E-state index contributed by atoms with van der Waals surface area (Å²) in [4.78, 5) is 0. The molecule has 5 heteroatoms. The Morgan fingerprint density at radius 1 is 1.31 bits per heavy atom. The molecular weight excluding hydrogens is 228 g/mol. The first-order valence-electron chi connectivity index (χ1n) is 4.16. The van der Waals surface area contributed by atoms with Crippen LogP contribution in [-0.4, -0.2) is 40.5 Å². The summed E-state index contributed by atoms with van der Waals surface area (Å²) in [5.41, 5.74) is 0. The van der Waals surface area contributed by atoms with Gasteiger partial charge >= 0.3 is 58.6 Å². The molecule has 2 N–H and O–H groups in total. The predicted octanol–water partition coefficient (Wildman–Crippen LogP) is -1.33. The summed E-state index contributed by atoms with van der Waals surface area (Å²) in [5, 5.41) is 15.8. The first-order chi connectivity index (χ1) is 6.16. The van der Waals surface area contributed by atoms with Crippen molar-refractivity contribution in [3.63, 3.8) is 0 Å². The second-order valence-electron chi connectivity index (χ2n) is 2.44. The van der Waals surface area contributed by atoms with E-state index in [0.29, 0.717) is 6.61 Å². The summed E-state index contributed by atoms with van der Waals surface area (Å²) >= 11 is 0.855. The van der Waals surface area contributed by atoms with Gasteiger partial charge in [-0.05, 0) is 6.92 Å². The van der Waals surface area contributed by atoms with E-state index in [1.807, 2.05) is 0 Å². The van der Waals surface area contributed by atoms with Crippen molar-refractivity contribution in [1.29, 1.82) is 0 Å². The van der Waals surface area contributed by atoms with Crippen LogP contribution in [0.25, 0.3) is 0 Å². The fourth-order valence-corrected chi connectivity index (χ4v) is 1.49. The summed E-state index contributed by atoms with van der Waals surface area (Å²) in [7, 11) is -1.60. The number of rotatable bonds is 2. The molecule has 1 aromatic rings. The van der Waals surface area contributed by atoms with E-state index in [2.05, 4.69) is 35.0 Å². The average Bonchev–Trinajstić information content (AvgIpc) is 2.06. The predicted molar refractivity (Wildman–Crippen MR) is 57.8 cm³/mol. The van der Waals surface area contributed by atoms with Crippen LogP contribution in [0.3, 0.4) is 0 Å². The maximum absolute atomic E-state index is 7.89. The molecule has 0 aliphatic rings. The second-order valence-corrected chi connectivity index (χ2v) is 4.86. The molecule has 13 heavy (non-hydrogen) atoms. The summed E-state index contributed by atoms with van der Waals surface area (Å²) in [5.74, 6) is 0. The summed E-state index contributed by atoms with van der Waals surface area (Å²) in [6.07, 6.45) is 0. The zero-order valence-electron chi connectivity index (χ0n) is 7.97. The SMILES string of the molecule is CCOB(O)O.[GeH3][c]1ccccc1. The molecule has 0 unspecified atom stereocenters. The van der Waals surface area contributed by atoms with Crippen molar-refractivity contribution in [3.05, 3.63) is 30.3 Å². The van der Waals surface area contributed by atoms with Crippen LogP contribution in [-0.2, 0) is 4.65 Å². The quantitative estimate of drug-likeness (QED) is 0.632. The van der Waals surface area contributed by atoms with Gasteiger partial charge in [0.15, 0.2) is 0 Å². The third kappa shape index (κ3) is 9.62. The van der Waals surface area contributed by atoms with E-state index < -0.39 is 7.32 Å².